The topological polar surface area (TPSA) is 38.9 Å². The van der Waals surface area contributed by atoms with E-state index in [9.17, 15) is 0 Å². The Morgan fingerprint density at radius 2 is 1.68 bits per heavy atom. The number of rotatable bonds is 3. The molecule has 1 aromatic heterocycles. The van der Waals surface area contributed by atoms with Gasteiger partial charge >= 0.3 is 0 Å². The molecular weight excluding hydrogens is 236 g/mol. The van der Waals surface area contributed by atoms with Gasteiger partial charge in [-0.2, -0.15) is 4.98 Å². The number of aryl methyl sites for hydroxylation is 1. The maximum absolute atomic E-state index is 5.30. The Labute approximate surface area is 111 Å². The normalized spacial score (nSPS) is 10.6. The van der Waals surface area contributed by atoms with Gasteiger partial charge in [0.1, 0.15) is 0 Å². The Morgan fingerprint density at radius 1 is 0.947 bits per heavy atom. The highest BCUT2D eigenvalue weighted by molar-refractivity contribution is 5.53. The smallest absolute Gasteiger partial charge is 0.257 e. The van der Waals surface area contributed by atoms with Gasteiger partial charge in [0.15, 0.2) is 5.82 Å². The van der Waals surface area contributed by atoms with Crippen molar-refractivity contribution in [2.45, 2.75) is 13.3 Å². The molecule has 3 heteroatoms. The van der Waals surface area contributed by atoms with Gasteiger partial charge < -0.3 is 4.52 Å². The summed E-state index contributed by atoms with van der Waals surface area (Å²) in [7, 11) is 0. The maximum atomic E-state index is 5.30. The van der Waals surface area contributed by atoms with Crippen molar-refractivity contribution in [1.29, 1.82) is 0 Å². The predicted octanol–water partition coefficient (Wildman–Crippen LogP) is 3.64. The second-order valence-corrected chi connectivity index (χ2v) is 4.54. The Balaban J connectivity index is 1.82. The van der Waals surface area contributed by atoms with Crippen LogP contribution in [0.2, 0.25) is 0 Å². The number of aromatic nitrogens is 2. The SMILES string of the molecule is Cc1ccc(-c2nc(Cc3ccccc3)no2)cc1. The average molecular weight is 250 g/mol. The minimum Gasteiger partial charge on any atom is -0.334 e. The van der Waals surface area contributed by atoms with Gasteiger partial charge in [-0.3, -0.25) is 0 Å². The van der Waals surface area contributed by atoms with Crippen molar-refractivity contribution in [3.05, 3.63) is 71.5 Å². The molecule has 0 aliphatic carbocycles. The maximum Gasteiger partial charge on any atom is 0.257 e. The molecule has 0 N–H and O–H groups in total. The second-order valence-electron chi connectivity index (χ2n) is 4.54. The van der Waals surface area contributed by atoms with E-state index in [1.54, 1.807) is 0 Å². The lowest BCUT2D eigenvalue weighted by atomic mass is 10.1. The summed E-state index contributed by atoms with van der Waals surface area (Å²) in [6, 6.07) is 18.2. The molecule has 0 amide bonds. The Bertz CT molecular complexity index is 657. The fourth-order valence-corrected chi connectivity index (χ4v) is 1.92. The quantitative estimate of drug-likeness (QED) is 0.712. The molecule has 0 spiro atoms. The highest BCUT2D eigenvalue weighted by atomic mass is 16.5. The highest BCUT2D eigenvalue weighted by Gasteiger charge is 2.08. The third-order valence-electron chi connectivity index (χ3n) is 2.97. The zero-order chi connectivity index (χ0) is 13.1. The fraction of sp³-hybridized carbons (Fsp3) is 0.125. The first kappa shape index (κ1) is 11.7. The lowest BCUT2D eigenvalue weighted by Gasteiger charge is -1.95. The van der Waals surface area contributed by atoms with Crippen molar-refractivity contribution in [2.75, 3.05) is 0 Å². The molecule has 0 fully saturated rings. The zero-order valence-electron chi connectivity index (χ0n) is 10.7. The Hall–Kier alpha value is -2.42. The molecule has 3 nitrogen and oxygen atoms in total. The molecule has 3 rings (SSSR count). The largest absolute Gasteiger partial charge is 0.334 e. The summed E-state index contributed by atoms with van der Waals surface area (Å²) in [5.41, 5.74) is 3.35. The molecule has 0 radical (unpaired) electrons. The van der Waals surface area contributed by atoms with Gasteiger partial charge in [-0.1, -0.05) is 53.2 Å². The molecule has 3 aromatic rings. The van der Waals surface area contributed by atoms with Gasteiger partial charge in [-0.25, -0.2) is 0 Å². The molecule has 0 aliphatic heterocycles. The molecule has 94 valence electrons. The number of hydrogen-bond donors (Lipinski definition) is 0. The number of hydrogen-bond acceptors (Lipinski definition) is 3. The van der Waals surface area contributed by atoms with Gasteiger partial charge in [0, 0.05) is 12.0 Å². The van der Waals surface area contributed by atoms with Crippen molar-refractivity contribution in [3.8, 4) is 11.5 Å². The zero-order valence-corrected chi connectivity index (χ0v) is 10.7. The van der Waals surface area contributed by atoms with Crippen molar-refractivity contribution in [2.24, 2.45) is 0 Å². The minimum atomic E-state index is 0.575. The van der Waals surface area contributed by atoms with Crippen molar-refractivity contribution in [3.63, 3.8) is 0 Å². The van der Waals surface area contributed by atoms with Crippen LogP contribution in [0.1, 0.15) is 17.0 Å². The lowest BCUT2D eigenvalue weighted by molar-refractivity contribution is 0.424. The van der Waals surface area contributed by atoms with E-state index in [0.717, 1.165) is 5.56 Å². The summed E-state index contributed by atoms with van der Waals surface area (Å²) < 4.78 is 5.30. The van der Waals surface area contributed by atoms with E-state index >= 15 is 0 Å². The predicted molar refractivity (Wildman–Crippen MR) is 73.7 cm³/mol. The first-order chi connectivity index (χ1) is 9.31. The Kier molecular flexibility index (Phi) is 3.11. The van der Waals surface area contributed by atoms with E-state index < -0.39 is 0 Å². The summed E-state index contributed by atoms with van der Waals surface area (Å²) in [5, 5.41) is 4.02. The van der Waals surface area contributed by atoms with E-state index in [1.165, 1.54) is 11.1 Å². The van der Waals surface area contributed by atoms with Crippen LogP contribution in [-0.4, -0.2) is 10.1 Å². The van der Waals surface area contributed by atoms with Crippen molar-refractivity contribution < 1.29 is 4.52 Å². The molecule has 0 atom stereocenters. The molecule has 0 aliphatic rings. The second kappa shape index (κ2) is 5.06. The van der Waals surface area contributed by atoms with E-state index in [-0.39, 0.29) is 0 Å². The van der Waals surface area contributed by atoms with Gasteiger partial charge in [0.05, 0.1) is 0 Å². The van der Waals surface area contributed by atoms with Gasteiger partial charge in [-0.05, 0) is 24.6 Å². The van der Waals surface area contributed by atoms with E-state index in [1.807, 2.05) is 42.5 Å². The van der Waals surface area contributed by atoms with Crippen molar-refractivity contribution >= 4 is 0 Å². The molecule has 2 aromatic carbocycles. The van der Waals surface area contributed by atoms with Crippen LogP contribution in [0, 0.1) is 6.92 Å². The van der Waals surface area contributed by atoms with Crippen LogP contribution >= 0.6 is 0 Å². The van der Waals surface area contributed by atoms with Crippen LogP contribution in [0.5, 0.6) is 0 Å². The number of benzene rings is 2. The van der Waals surface area contributed by atoms with Crippen LogP contribution in [0.25, 0.3) is 11.5 Å². The molecule has 19 heavy (non-hydrogen) atoms. The highest BCUT2D eigenvalue weighted by Crippen LogP contribution is 2.18. The van der Waals surface area contributed by atoms with Crippen LogP contribution in [0.4, 0.5) is 0 Å². The lowest BCUT2D eigenvalue weighted by Crippen LogP contribution is -1.90. The van der Waals surface area contributed by atoms with Crippen LogP contribution < -0.4 is 0 Å². The first-order valence-corrected chi connectivity index (χ1v) is 6.25. The van der Waals surface area contributed by atoms with Crippen molar-refractivity contribution in [1.82, 2.24) is 10.1 Å². The summed E-state index contributed by atoms with van der Waals surface area (Å²) in [6.45, 7) is 2.05. The minimum absolute atomic E-state index is 0.575. The van der Waals surface area contributed by atoms with E-state index in [0.29, 0.717) is 18.1 Å². The molecule has 0 bridgehead atoms. The molecule has 1 heterocycles. The molecule has 0 unspecified atom stereocenters. The standard InChI is InChI=1S/C16H14N2O/c1-12-7-9-14(10-8-12)16-17-15(18-19-16)11-13-5-3-2-4-6-13/h2-10H,11H2,1H3. The van der Waals surface area contributed by atoms with E-state index in [2.05, 4.69) is 29.2 Å². The van der Waals surface area contributed by atoms with Gasteiger partial charge in [-0.15, -0.1) is 0 Å². The molecular formula is C16H14N2O. The number of nitrogens with zero attached hydrogens (tertiary/aromatic N) is 2. The first-order valence-electron chi connectivity index (χ1n) is 6.25. The third kappa shape index (κ3) is 2.71. The van der Waals surface area contributed by atoms with Crippen LogP contribution in [0.15, 0.2) is 59.1 Å². The summed E-state index contributed by atoms with van der Waals surface area (Å²) >= 11 is 0. The molecule has 0 saturated heterocycles. The summed E-state index contributed by atoms with van der Waals surface area (Å²) in [6.07, 6.45) is 0.691. The van der Waals surface area contributed by atoms with Crippen LogP contribution in [0.3, 0.4) is 0 Å². The summed E-state index contributed by atoms with van der Waals surface area (Å²) in [5.74, 6) is 1.28. The van der Waals surface area contributed by atoms with Gasteiger partial charge in [0.25, 0.3) is 5.89 Å². The summed E-state index contributed by atoms with van der Waals surface area (Å²) in [4.78, 5) is 4.43. The Morgan fingerprint density at radius 3 is 2.42 bits per heavy atom. The molecule has 0 saturated carbocycles. The third-order valence-corrected chi connectivity index (χ3v) is 2.97. The fourth-order valence-electron chi connectivity index (χ4n) is 1.92. The van der Waals surface area contributed by atoms with Gasteiger partial charge in [0.2, 0.25) is 0 Å². The monoisotopic (exact) mass is 250 g/mol. The van der Waals surface area contributed by atoms with Crippen LogP contribution in [-0.2, 0) is 6.42 Å². The van der Waals surface area contributed by atoms with E-state index in [4.69, 9.17) is 4.52 Å². The average Bonchev–Trinajstić information content (AvgIpc) is 2.89.